The Morgan fingerprint density at radius 2 is 2.04 bits per heavy atom. The first-order chi connectivity index (χ1) is 12.8. The van der Waals surface area contributed by atoms with Crippen LogP contribution in [0.3, 0.4) is 0 Å². The molecule has 1 aromatic carbocycles. The van der Waals surface area contributed by atoms with Crippen molar-refractivity contribution in [2.24, 2.45) is 11.1 Å². The molecule has 2 fully saturated rings. The van der Waals surface area contributed by atoms with Crippen molar-refractivity contribution in [2.45, 2.75) is 43.9 Å². The van der Waals surface area contributed by atoms with Crippen LogP contribution >= 0.6 is 0 Å². The number of aliphatic hydroxyl groups excluding tert-OH is 1. The number of aliphatic carboxylic acids is 1. The zero-order valence-electron chi connectivity index (χ0n) is 15.0. The van der Waals surface area contributed by atoms with Crippen molar-refractivity contribution in [3.8, 4) is 0 Å². The first-order valence-corrected chi connectivity index (χ1v) is 9.12. The number of nitrogens with two attached hydrogens (primary N) is 1. The average molecular weight is 375 g/mol. The number of piperidine rings is 2. The Balaban J connectivity index is 1.73. The van der Waals surface area contributed by atoms with E-state index in [9.17, 15) is 19.5 Å². The van der Waals surface area contributed by atoms with Gasteiger partial charge in [-0.3, -0.25) is 14.4 Å². The lowest BCUT2D eigenvalue weighted by Crippen LogP contribution is -2.61. The molecule has 2 heterocycles. The number of hydrogen-bond donors (Lipinski definition) is 4. The molecule has 0 unspecified atom stereocenters. The molecule has 27 heavy (non-hydrogen) atoms. The van der Waals surface area contributed by atoms with Gasteiger partial charge >= 0.3 is 5.97 Å². The Morgan fingerprint density at radius 3 is 2.70 bits per heavy atom. The molecule has 8 heteroatoms. The summed E-state index contributed by atoms with van der Waals surface area (Å²) in [6.45, 7) is 0.572. The van der Waals surface area contributed by atoms with Crippen LogP contribution in [-0.2, 0) is 14.4 Å². The summed E-state index contributed by atoms with van der Waals surface area (Å²) < 4.78 is 0. The number of likely N-dealkylation sites (tertiary alicyclic amines) is 1. The maximum atomic E-state index is 12.9. The highest BCUT2D eigenvalue weighted by Gasteiger charge is 2.50. The molecule has 2 amide bonds. The highest BCUT2D eigenvalue weighted by Crippen LogP contribution is 2.41. The number of carboxylic acids is 1. The van der Waals surface area contributed by atoms with E-state index in [-0.39, 0.29) is 18.9 Å². The molecule has 8 nitrogen and oxygen atoms in total. The molecule has 2 aliphatic rings. The summed E-state index contributed by atoms with van der Waals surface area (Å²) in [6, 6.07) is 7.66. The Hall–Kier alpha value is -2.45. The minimum absolute atomic E-state index is 0.142. The van der Waals surface area contributed by atoms with Gasteiger partial charge in [-0.15, -0.1) is 0 Å². The normalized spacial score (nSPS) is 29.3. The van der Waals surface area contributed by atoms with Crippen molar-refractivity contribution in [1.29, 1.82) is 0 Å². The number of nitrogens with zero attached hydrogens (tertiary/aromatic N) is 1. The Labute approximate surface area is 157 Å². The lowest BCUT2D eigenvalue weighted by molar-refractivity contribution is -0.151. The van der Waals surface area contributed by atoms with Crippen LogP contribution in [-0.4, -0.2) is 58.1 Å². The van der Waals surface area contributed by atoms with Crippen LogP contribution in [0.2, 0.25) is 0 Å². The molecule has 1 spiro atoms. The van der Waals surface area contributed by atoms with Crippen LogP contribution < -0.4 is 11.1 Å². The molecular weight excluding hydrogens is 350 g/mol. The van der Waals surface area contributed by atoms with E-state index in [1.807, 2.05) is 30.3 Å². The third-order valence-corrected chi connectivity index (χ3v) is 5.51. The van der Waals surface area contributed by atoms with Gasteiger partial charge < -0.3 is 26.2 Å². The van der Waals surface area contributed by atoms with Crippen molar-refractivity contribution in [2.75, 3.05) is 13.1 Å². The lowest BCUT2D eigenvalue weighted by atomic mass is 9.70. The van der Waals surface area contributed by atoms with E-state index in [0.717, 1.165) is 5.56 Å². The molecule has 146 valence electrons. The average Bonchev–Trinajstić information content (AvgIpc) is 2.64. The SMILES string of the molecule is N[C@@H](CC(=O)O)C(=O)N1CCC[C@]2(C[C@@H](O)[C@H](c3ccccc3)NC2=O)C1. The molecule has 2 aliphatic heterocycles. The molecule has 0 radical (unpaired) electrons. The molecular formula is C19H25N3O5. The summed E-state index contributed by atoms with van der Waals surface area (Å²) in [5, 5.41) is 22.4. The molecule has 0 aromatic heterocycles. The Kier molecular flexibility index (Phi) is 5.48. The summed E-state index contributed by atoms with van der Waals surface area (Å²) in [6.07, 6.45) is 0.188. The van der Waals surface area contributed by atoms with Crippen molar-refractivity contribution < 1.29 is 24.6 Å². The topological polar surface area (TPSA) is 133 Å². The zero-order valence-corrected chi connectivity index (χ0v) is 15.0. The van der Waals surface area contributed by atoms with Gasteiger partial charge in [0.25, 0.3) is 0 Å². The molecule has 2 saturated heterocycles. The summed E-state index contributed by atoms with van der Waals surface area (Å²) in [4.78, 5) is 37.7. The van der Waals surface area contributed by atoms with Gasteiger partial charge in [0, 0.05) is 13.1 Å². The number of carboxylic acid groups (broad SMARTS) is 1. The predicted octanol–water partition coefficient (Wildman–Crippen LogP) is 0.0193. The highest BCUT2D eigenvalue weighted by molar-refractivity contribution is 5.88. The first kappa shape index (κ1) is 19.3. The van der Waals surface area contributed by atoms with Crippen LogP contribution in [0.25, 0.3) is 0 Å². The molecule has 3 rings (SSSR count). The predicted molar refractivity (Wildman–Crippen MR) is 96.4 cm³/mol. The molecule has 1 aromatic rings. The van der Waals surface area contributed by atoms with Crippen LogP contribution in [0.5, 0.6) is 0 Å². The number of rotatable bonds is 4. The van der Waals surface area contributed by atoms with Gasteiger partial charge in [0.1, 0.15) is 0 Å². The van der Waals surface area contributed by atoms with Gasteiger partial charge in [-0.05, 0) is 24.8 Å². The maximum absolute atomic E-state index is 12.9. The van der Waals surface area contributed by atoms with Gasteiger partial charge in [-0.25, -0.2) is 0 Å². The zero-order chi connectivity index (χ0) is 19.6. The summed E-state index contributed by atoms with van der Waals surface area (Å²) in [7, 11) is 0. The monoisotopic (exact) mass is 375 g/mol. The van der Waals surface area contributed by atoms with Crippen molar-refractivity contribution in [3.63, 3.8) is 0 Å². The third kappa shape index (κ3) is 3.96. The van der Waals surface area contributed by atoms with E-state index in [0.29, 0.717) is 19.4 Å². The summed E-state index contributed by atoms with van der Waals surface area (Å²) in [5.74, 6) is -1.80. The van der Waals surface area contributed by atoms with Crippen LogP contribution in [0.1, 0.15) is 37.3 Å². The molecule has 0 saturated carbocycles. The third-order valence-electron chi connectivity index (χ3n) is 5.51. The van der Waals surface area contributed by atoms with Gasteiger partial charge in [-0.1, -0.05) is 30.3 Å². The van der Waals surface area contributed by atoms with Crippen LogP contribution in [0.4, 0.5) is 0 Å². The van der Waals surface area contributed by atoms with Crippen LogP contribution in [0, 0.1) is 5.41 Å². The van der Waals surface area contributed by atoms with E-state index < -0.39 is 41.9 Å². The molecule has 0 aliphatic carbocycles. The fraction of sp³-hybridized carbons (Fsp3) is 0.526. The van der Waals surface area contributed by atoms with Gasteiger partial charge in [0.05, 0.1) is 30.0 Å². The Bertz CT molecular complexity index is 725. The lowest BCUT2D eigenvalue weighted by Gasteiger charge is -2.47. The number of carbonyl (C=O) groups excluding carboxylic acids is 2. The summed E-state index contributed by atoms with van der Waals surface area (Å²) >= 11 is 0. The number of hydrogen-bond acceptors (Lipinski definition) is 5. The fourth-order valence-electron chi connectivity index (χ4n) is 4.15. The number of amides is 2. The molecule has 4 atom stereocenters. The number of nitrogens with one attached hydrogen (secondary N) is 1. The second-order valence-corrected chi connectivity index (χ2v) is 7.48. The smallest absolute Gasteiger partial charge is 0.305 e. The van der Waals surface area contributed by atoms with Crippen molar-refractivity contribution in [3.05, 3.63) is 35.9 Å². The number of aliphatic hydroxyl groups is 1. The number of carbonyl (C=O) groups is 3. The second kappa shape index (κ2) is 7.66. The minimum atomic E-state index is -1.14. The van der Waals surface area contributed by atoms with Crippen LogP contribution in [0.15, 0.2) is 30.3 Å². The van der Waals surface area contributed by atoms with E-state index in [1.54, 1.807) is 0 Å². The van der Waals surface area contributed by atoms with E-state index >= 15 is 0 Å². The van der Waals surface area contributed by atoms with Crippen molar-refractivity contribution in [1.82, 2.24) is 10.2 Å². The Morgan fingerprint density at radius 1 is 1.33 bits per heavy atom. The standard InChI is InChI=1S/C19H25N3O5/c20-13(9-15(24)25)17(26)22-8-4-7-19(11-22)10-14(23)16(21-18(19)27)12-5-2-1-3-6-12/h1-3,5-6,13-14,16,23H,4,7-11,20H2,(H,21,27)(H,24,25)/t13-,14+,16-,19-/m0/s1. The van der Waals surface area contributed by atoms with E-state index in [2.05, 4.69) is 5.32 Å². The fourth-order valence-corrected chi connectivity index (χ4v) is 4.15. The largest absolute Gasteiger partial charge is 0.481 e. The molecule has 5 N–H and O–H groups in total. The first-order valence-electron chi connectivity index (χ1n) is 9.12. The second-order valence-electron chi connectivity index (χ2n) is 7.48. The molecule has 0 bridgehead atoms. The van der Waals surface area contributed by atoms with Gasteiger partial charge in [0.15, 0.2) is 0 Å². The van der Waals surface area contributed by atoms with Crippen molar-refractivity contribution >= 4 is 17.8 Å². The van der Waals surface area contributed by atoms with E-state index in [4.69, 9.17) is 10.8 Å². The highest BCUT2D eigenvalue weighted by atomic mass is 16.4. The van der Waals surface area contributed by atoms with Gasteiger partial charge in [-0.2, -0.15) is 0 Å². The number of benzene rings is 1. The van der Waals surface area contributed by atoms with E-state index in [1.165, 1.54) is 4.90 Å². The maximum Gasteiger partial charge on any atom is 0.305 e. The summed E-state index contributed by atoms with van der Waals surface area (Å²) in [5.41, 5.74) is 5.67. The van der Waals surface area contributed by atoms with Gasteiger partial charge in [0.2, 0.25) is 11.8 Å². The minimum Gasteiger partial charge on any atom is -0.481 e. The quantitative estimate of drug-likeness (QED) is 0.586.